The number of sulfonamides is 1. The maximum atomic E-state index is 13.8. The molecule has 0 saturated carbocycles. The van der Waals surface area contributed by atoms with Gasteiger partial charge in [0.05, 0.1) is 14.6 Å². The first-order valence-corrected chi connectivity index (χ1v) is 14.2. The number of carbonyl (C=O) groups is 1. The summed E-state index contributed by atoms with van der Waals surface area (Å²) < 4.78 is 29.5. The van der Waals surface area contributed by atoms with E-state index in [1.54, 1.807) is 11.0 Å². The predicted octanol–water partition coefficient (Wildman–Crippen LogP) is 4.46. The highest BCUT2D eigenvalue weighted by atomic mass is 35.5. The number of para-hydroxylation sites is 1. The third kappa shape index (κ3) is 5.11. The SMILES string of the molecule is Cc1cccc2sc(N(CCCN(C)C)C(=O)C3CCCN3S(=O)(=O)c3ccc(Cl)s3)nc12. The first-order valence-electron chi connectivity index (χ1n) is 10.8. The molecule has 3 aromatic rings. The van der Waals surface area contributed by atoms with Crippen LogP contribution in [0.15, 0.2) is 34.5 Å². The zero-order chi connectivity index (χ0) is 23.8. The minimum absolute atomic E-state index is 0.168. The van der Waals surface area contributed by atoms with Crippen LogP contribution in [0, 0.1) is 6.92 Å². The summed E-state index contributed by atoms with van der Waals surface area (Å²) in [5.74, 6) is -0.214. The van der Waals surface area contributed by atoms with Crippen LogP contribution in [0.25, 0.3) is 10.2 Å². The van der Waals surface area contributed by atoms with Crippen LogP contribution in [0.4, 0.5) is 5.13 Å². The topological polar surface area (TPSA) is 73.8 Å². The van der Waals surface area contributed by atoms with Crippen LogP contribution in [0.5, 0.6) is 0 Å². The zero-order valence-corrected chi connectivity index (χ0v) is 22.0. The lowest BCUT2D eigenvalue weighted by Crippen LogP contribution is -2.48. The molecule has 0 bridgehead atoms. The van der Waals surface area contributed by atoms with Crippen molar-refractivity contribution in [2.45, 2.75) is 36.4 Å². The fourth-order valence-electron chi connectivity index (χ4n) is 4.04. The number of hydrogen-bond donors (Lipinski definition) is 0. The molecular weight excluding hydrogens is 500 g/mol. The average Bonchev–Trinajstić information content (AvgIpc) is 3.50. The van der Waals surface area contributed by atoms with Gasteiger partial charge in [-0.15, -0.1) is 11.3 Å². The number of halogens is 1. The lowest BCUT2D eigenvalue weighted by atomic mass is 10.2. The van der Waals surface area contributed by atoms with Crippen molar-refractivity contribution >= 4 is 65.6 Å². The molecule has 7 nitrogen and oxygen atoms in total. The molecule has 1 atom stereocenters. The summed E-state index contributed by atoms with van der Waals surface area (Å²) in [6, 6.07) is 8.31. The van der Waals surface area contributed by atoms with Gasteiger partial charge in [-0.2, -0.15) is 4.31 Å². The summed E-state index contributed by atoms with van der Waals surface area (Å²) in [5.41, 5.74) is 1.93. The average molecular weight is 527 g/mol. The fraction of sp³-hybridized carbons (Fsp3) is 0.455. The molecule has 1 aromatic carbocycles. The second-order valence-electron chi connectivity index (χ2n) is 8.40. The van der Waals surface area contributed by atoms with E-state index in [0.29, 0.717) is 35.4 Å². The Morgan fingerprint density at radius 1 is 1.21 bits per heavy atom. The number of thiazole rings is 1. The highest BCUT2D eigenvalue weighted by Gasteiger charge is 2.42. The van der Waals surface area contributed by atoms with Crippen LogP contribution >= 0.6 is 34.3 Å². The van der Waals surface area contributed by atoms with E-state index in [2.05, 4.69) is 4.90 Å². The van der Waals surface area contributed by atoms with Crippen molar-refractivity contribution in [3.63, 3.8) is 0 Å². The number of anilines is 1. The molecule has 178 valence electrons. The van der Waals surface area contributed by atoms with Crippen molar-refractivity contribution in [3.05, 3.63) is 40.2 Å². The number of amides is 1. The second-order valence-corrected chi connectivity index (χ2v) is 13.2. The molecule has 0 spiro atoms. The highest BCUT2D eigenvalue weighted by molar-refractivity contribution is 7.91. The molecule has 1 aliphatic rings. The Bertz CT molecular complexity index is 1250. The Hall–Kier alpha value is -1.56. The molecule has 0 aliphatic carbocycles. The molecular formula is C22H27ClN4O3S3. The van der Waals surface area contributed by atoms with Gasteiger partial charge in [0, 0.05) is 13.1 Å². The van der Waals surface area contributed by atoms with Gasteiger partial charge in [-0.3, -0.25) is 9.69 Å². The molecule has 1 aliphatic heterocycles. The maximum Gasteiger partial charge on any atom is 0.253 e. The molecule has 0 N–H and O–H groups in total. The van der Waals surface area contributed by atoms with Gasteiger partial charge in [0.15, 0.2) is 5.13 Å². The first-order chi connectivity index (χ1) is 15.7. The van der Waals surface area contributed by atoms with E-state index in [1.165, 1.54) is 21.7 Å². The van der Waals surface area contributed by atoms with Gasteiger partial charge in [0.2, 0.25) is 5.91 Å². The fourth-order valence-corrected chi connectivity index (χ4v) is 8.38. The molecule has 3 heterocycles. The van der Waals surface area contributed by atoms with Crippen LogP contribution in [0.1, 0.15) is 24.8 Å². The predicted molar refractivity (Wildman–Crippen MR) is 136 cm³/mol. The number of fused-ring (bicyclic) bond motifs is 1. The summed E-state index contributed by atoms with van der Waals surface area (Å²) in [4.78, 5) is 22.4. The van der Waals surface area contributed by atoms with E-state index < -0.39 is 16.1 Å². The van der Waals surface area contributed by atoms with E-state index in [0.717, 1.165) is 40.1 Å². The number of carbonyl (C=O) groups excluding carboxylic acids is 1. The number of nitrogens with zero attached hydrogens (tertiary/aromatic N) is 4. The van der Waals surface area contributed by atoms with Crippen molar-refractivity contribution in [2.24, 2.45) is 0 Å². The Labute approximate surface area is 207 Å². The third-order valence-corrected chi connectivity index (χ3v) is 10.3. The Morgan fingerprint density at radius 2 is 2.00 bits per heavy atom. The molecule has 1 amide bonds. The second kappa shape index (κ2) is 9.97. The Morgan fingerprint density at radius 3 is 2.67 bits per heavy atom. The van der Waals surface area contributed by atoms with E-state index >= 15 is 0 Å². The molecule has 1 saturated heterocycles. The van der Waals surface area contributed by atoms with Gasteiger partial charge in [0.1, 0.15) is 10.3 Å². The molecule has 4 rings (SSSR count). The van der Waals surface area contributed by atoms with Crippen molar-refractivity contribution in [1.29, 1.82) is 0 Å². The number of benzene rings is 1. The summed E-state index contributed by atoms with van der Waals surface area (Å²) in [5, 5.41) is 0.617. The number of thiophene rings is 1. The monoisotopic (exact) mass is 526 g/mol. The Kier molecular flexibility index (Phi) is 7.42. The minimum Gasteiger partial charge on any atom is -0.309 e. The standard InChI is InChI=1S/C22H27ClN4O3S3/c1-15-7-4-9-17-20(15)24-22(31-17)26(13-6-12-25(2)3)21(28)16-8-5-14-27(16)33(29,30)19-11-10-18(23)32-19/h4,7,9-11,16H,5-6,8,12-14H2,1-3H3. The van der Waals surface area contributed by atoms with Crippen molar-refractivity contribution < 1.29 is 13.2 Å². The smallest absolute Gasteiger partial charge is 0.253 e. The van der Waals surface area contributed by atoms with Crippen LogP contribution < -0.4 is 4.90 Å². The maximum absolute atomic E-state index is 13.8. The molecule has 2 aromatic heterocycles. The summed E-state index contributed by atoms with van der Waals surface area (Å²) in [6.07, 6.45) is 1.89. The summed E-state index contributed by atoms with van der Waals surface area (Å²) in [7, 11) is 0.183. The van der Waals surface area contributed by atoms with Gasteiger partial charge in [-0.05, 0) is 70.6 Å². The van der Waals surface area contributed by atoms with Crippen LogP contribution in [-0.4, -0.2) is 68.3 Å². The first kappa shape index (κ1) is 24.6. The number of aryl methyl sites for hydroxylation is 1. The normalized spacial score (nSPS) is 17.3. The van der Waals surface area contributed by atoms with E-state index in [1.807, 2.05) is 39.2 Å². The Balaban J connectivity index is 1.66. The molecule has 33 heavy (non-hydrogen) atoms. The molecule has 11 heteroatoms. The highest BCUT2D eigenvalue weighted by Crippen LogP contribution is 2.35. The van der Waals surface area contributed by atoms with Gasteiger partial charge >= 0.3 is 0 Å². The van der Waals surface area contributed by atoms with Gasteiger partial charge in [-0.25, -0.2) is 13.4 Å². The van der Waals surface area contributed by atoms with Crippen LogP contribution in [0.2, 0.25) is 4.34 Å². The largest absolute Gasteiger partial charge is 0.309 e. The van der Waals surface area contributed by atoms with Crippen LogP contribution in [-0.2, 0) is 14.8 Å². The van der Waals surface area contributed by atoms with Crippen LogP contribution in [0.3, 0.4) is 0 Å². The van der Waals surface area contributed by atoms with Gasteiger partial charge in [0.25, 0.3) is 10.0 Å². The zero-order valence-electron chi connectivity index (χ0n) is 18.8. The van der Waals surface area contributed by atoms with Crippen molar-refractivity contribution in [2.75, 3.05) is 38.6 Å². The van der Waals surface area contributed by atoms with Crippen molar-refractivity contribution in [1.82, 2.24) is 14.2 Å². The lowest BCUT2D eigenvalue weighted by molar-refractivity contribution is -0.121. The van der Waals surface area contributed by atoms with Crippen molar-refractivity contribution in [3.8, 4) is 0 Å². The summed E-state index contributed by atoms with van der Waals surface area (Å²) >= 11 is 8.47. The quantitative estimate of drug-likeness (QED) is 0.433. The number of rotatable bonds is 8. The van der Waals surface area contributed by atoms with Gasteiger partial charge in [-0.1, -0.05) is 35.1 Å². The summed E-state index contributed by atoms with van der Waals surface area (Å²) in [6.45, 7) is 3.61. The van der Waals surface area contributed by atoms with Gasteiger partial charge < -0.3 is 4.90 Å². The van der Waals surface area contributed by atoms with E-state index in [4.69, 9.17) is 16.6 Å². The lowest BCUT2D eigenvalue weighted by Gasteiger charge is -2.28. The van der Waals surface area contributed by atoms with E-state index in [-0.39, 0.29) is 10.1 Å². The molecule has 0 radical (unpaired) electrons. The number of aromatic nitrogens is 1. The minimum atomic E-state index is -3.80. The third-order valence-electron chi connectivity index (χ3n) is 5.69. The van der Waals surface area contributed by atoms with E-state index in [9.17, 15) is 13.2 Å². The number of hydrogen-bond acceptors (Lipinski definition) is 7. The molecule has 1 unspecified atom stereocenters. The molecule has 1 fully saturated rings.